The summed E-state index contributed by atoms with van der Waals surface area (Å²) in [6.45, 7) is 1.87. The number of nitrogens with zero attached hydrogens (tertiary/aromatic N) is 2. The average molecular weight is 298 g/mol. The molecule has 0 amide bonds. The van der Waals surface area contributed by atoms with Gasteiger partial charge in [0, 0.05) is 17.2 Å². The number of nitrogens with one attached hydrogen (secondary N) is 1. The largest absolute Gasteiger partial charge is 0.367 e. The van der Waals surface area contributed by atoms with Crippen LogP contribution < -0.4 is 5.32 Å². The van der Waals surface area contributed by atoms with Gasteiger partial charge in [-0.25, -0.2) is 4.99 Å². The Morgan fingerprint density at radius 2 is 2.67 bits per heavy atom. The zero-order valence-corrected chi connectivity index (χ0v) is 9.34. The maximum absolute atomic E-state index is 5.92. The quantitative estimate of drug-likeness (QED) is 0.447. The van der Waals surface area contributed by atoms with Crippen molar-refractivity contribution in [3.63, 3.8) is 0 Å². The molecule has 0 spiro atoms. The van der Waals surface area contributed by atoms with Crippen LogP contribution in [0.1, 0.15) is 0 Å². The lowest BCUT2D eigenvalue weighted by atomic mass is 10.3. The van der Waals surface area contributed by atoms with E-state index in [4.69, 9.17) is 11.6 Å². The summed E-state index contributed by atoms with van der Waals surface area (Å²) in [6, 6.07) is 0.570. The Morgan fingerprint density at radius 1 is 1.83 bits per heavy atom. The molecule has 0 aliphatic carbocycles. The van der Waals surface area contributed by atoms with Crippen molar-refractivity contribution in [2.24, 2.45) is 4.99 Å². The van der Waals surface area contributed by atoms with E-state index in [-0.39, 0.29) is 0 Å². The number of halogens is 2. The predicted molar refractivity (Wildman–Crippen MR) is 58.8 cm³/mol. The Hall–Kier alpha value is 0.0300. The minimum Gasteiger partial charge on any atom is -0.367 e. The van der Waals surface area contributed by atoms with Crippen molar-refractivity contribution in [3.8, 4) is 0 Å². The fourth-order valence-electron chi connectivity index (χ4n) is 1.45. The summed E-state index contributed by atoms with van der Waals surface area (Å²) in [5, 5.41) is 3.86. The van der Waals surface area contributed by atoms with Gasteiger partial charge in [0.2, 0.25) is 0 Å². The molecule has 0 aromatic carbocycles. The van der Waals surface area contributed by atoms with Crippen LogP contribution in [-0.4, -0.2) is 34.7 Å². The monoisotopic (exact) mass is 297 g/mol. The number of aliphatic imine (C=N–C) groups is 1. The fourth-order valence-corrected chi connectivity index (χ4v) is 2.48. The second-order valence-electron chi connectivity index (χ2n) is 2.79. The maximum atomic E-state index is 5.92. The van der Waals surface area contributed by atoms with Crippen LogP contribution >= 0.6 is 34.2 Å². The van der Waals surface area contributed by atoms with Crippen molar-refractivity contribution in [1.82, 2.24) is 10.2 Å². The summed E-state index contributed by atoms with van der Waals surface area (Å²) in [7, 11) is 0. The van der Waals surface area contributed by atoms with E-state index in [2.05, 4.69) is 37.8 Å². The maximum Gasteiger partial charge on any atom is 0.169 e. The van der Waals surface area contributed by atoms with E-state index in [1.807, 2.05) is 6.21 Å². The van der Waals surface area contributed by atoms with Crippen molar-refractivity contribution in [2.45, 2.75) is 6.04 Å². The molecular weight excluding hydrogens is 288 g/mol. The smallest absolute Gasteiger partial charge is 0.169 e. The van der Waals surface area contributed by atoms with Gasteiger partial charge in [-0.05, 0) is 0 Å². The van der Waals surface area contributed by atoms with Gasteiger partial charge in [0.1, 0.15) is 5.82 Å². The van der Waals surface area contributed by atoms with Crippen LogP contribution in [0, 0.1) is 0 Å². The van der Waals surface area contributed by atoms with Crippen molar-refractivity contribution >= 4 is 40.4 Å². The minimum atomic E-state index is 0.570. The Bertz CT molecular complexity index is 251. The SMILES string of the molecule is ClC1=C2NCC(CI)N2CC=N1. The highest BCUT2D eigenvalue weighted by Crippen LogP contribution is 2.23. The van der Waals surface area contributed by atoms with Crippen LogP contribution in [0.5, 0.6) is 0 Å². The van der Waals surface area contributed by atoms with E-state index in [1.54, 1.807) is 0 Å². The molecule has 1 N–H and O–H groups in total. The molecule has 2 heterocycles. The molecular formula is C7H9ClIN3. The van der Waals surface area contributed by atoms with E-state index < -0.39 is 0 Å². The van der Waals surface area contributed by atoms with Gasteiger partial charge in [0.05, 0.1) is 12.6 Å². The van der Waals surface area contributed by atoms with Crippen LogP contribution in [0.15, 0.2) is 16.0 Å². The number of hydrogen-bond donors (Lipinski definition) is 1. The zero-order valence-electron chi connectivity index (χ0n) is 6.43. The van der Waals surface area contributed by atoms with Gasteiger partial charge in [0.25, 0.3) is 0 Å². The number of alkyl halides is 1. The van der Waals surface area contributed by atoms with E-state index >= 15 is 0 Å². The van der Waals surface area contributed by atoms with Crippen molar-refractivity contribution in [2.75, 3.05) is 17.5 Å². The molecule has 2 aliphatic rings. The highest BCUT2D eigenvalue weighted by atomic mass is 127. The third-order valence-electron chi connectivity index (χ3n) is 2.09. The lowest BCUT2D eigenvalue weighted by Crippen LogP contribution is -2.34. The van der Waals surface area contributed by atoms with Gasteiger partial charge in [0.15, 0.2) is 5.16 Å². The molecule has 5 heteroatoms. The van der Waals surface area contributed by atoms with Gasteiger partial charge in [-0.15, -0.1) is 0 Å². The van der Waals surface area contributed by atoms with Crippen LogP contribution in [0.3, 0.4) is 0 Å². The highest BCUT2D eigenvalue weighted by molar-refractivity contribution is 14.1. The molecule has 1 fully saturated rings. The number of fused-ring (bicyclic) bond motifs is 1. The third kappa shape index (κ3) is 1.31. The average Bonchev–Trinajstić information content (AvgIpc) is 2.49. The molecule has 1 unspecified atom stereocenters. The van der Waals surface area contributed by atoms with Gasteiger partial charge >= 0.3 is 0 Å². The number of hydrogen-bond acceptors (Lipinski definition) is 3. The van der Waals surface area contributed by atoms with Crippen LogP contribution in [0.2, 0.25) is 0 Å². The molecule has 3 nitrogen and oxygen atoms in total. The van der Waals surface area contributed by atoms with E-state index in [1.165, 1.54) is 0 Å². The molecule has 2 rings (SSSR count). The highest BCUT2D eigenvalue weighted by Gasteiger charge is 2.29. The van der Waals surface area contributed by atoms with Gasteiger partial charge in [-0.3, -0.25) is 0 Å². The molecule has 0 aromatic heterocycles. The Balaban J connectivity index is 2.24. The summed E-state index contributed by atoms with van der Waals surface area (Å²) in [5.74, 6) is 1.00. The lowest BCUT2D eigenvalue weighted by Gasteiger charge is -2.25. The second kappa shape index (κ2) is 3.41. The topological polar surface area (TPSA) is 27.6 Å². The summed E-state index contributed by atoms with van der Waals surface area (Å²) in [4.78, 5) is 6.32. The van der Waals surface area contributed by atoms with Gasteiger partial charge in [-0.2, -0.15) is 0 Å². The first kappa shape index (κ1) is 8.62. The third-order valence-corrected chi connectivity index (χ3v) is 3.38. The molecule has 1 atom stereocenters. The Labute approximate surface area is 90.0 Å². The van der Waals surface area contributed by atoms with Crippen LogP contribution in [0.4, 0.5) is 0 Å². The van der Waals surface area contributed by atoms with Crippen LogP contribution in [0.25, 0.3) is 0 Å². The molecule has 1 saturated heterocycles. The molecule has 12 heavy (non-hydrogen) atoms. The van der Waals surface area contributed by atoms with Crippen molar-refractivity contribution < 1.29 is 0 Å². The first-order valence-electron chi connectivity index (χ1n) is 3.81. The lowest BCUT2D eigenvalue weighted by molar-refractivity contribution is 0.366. The van der Waals surface area contributed by atoms with E-state index in [0.717, 1.165) is 23.3 Å². The molecule has 66 valence electrons. The first-order chi connectivity index (χ1) is 5.83. The number of rotatable bonds is 1. The first-order valence-corrected chi connectivity index (χ1v) is 5.72. The normalized spacial score (nSPS) is 27.5. The summed E-state index contributed by atoms with van der Waals surface area (Å²) in [6.07, 6.45) is 1.86. The van der Waals surface area contributed by atoms with Crippen molar-refractivity contribution in [3.05, 3.63) is 11.0 Å². The minimum absolute atomic E-state index is 0.570. The van der Waals surface area contributed by atoms with Crippen LogP contribution in [-0.2, 0) is 0 Å². The molecule has 0 bridgehead atoms. The molecule has 0 radical (unpaired) electrons. The standard InChI is InChI=1S/C7H9ClIN3/c8-6-7-11-4-5(3-9)12(7)2-1-10-6/h1,5,11H,2-4H2. The summed E-state index contributed by atoms with van der Waals surface area (Å²) < 4.78 is 1.12. The van der Waals surface area contributed by atoms with Gasteiger partial charge in [-0.1, -0.05) is 34.2 Å². The zero-order chi connectivity index (χ0) is 8.55. The summed E-state index contributed by atoms with van der Waals surface area (Å²) >= 11 is 8.31. The molecule has 2 aliphatic heterocycles. The van der Waals surface area contributed by atoms with E-state index in [0.29, 0.717) is 11.2 Å². The fraction of sp³-hybridized carbons (Fsp3) is 0.571. The Morgan fingerprint density at radius 3 is 3.42 bits per heavy atom. The predicted octanol–water partition coefficient (Wildman–Crippen LogP) is 1.15. The molecule has 0 aromatic rings. The summed E-state index contributed by atoms with van der Waals surface area (Å²) in [5.41, 5.74) is 0. The second-order valence-corrected chi connectivity index (χ2v) is 4.03. The van der Waals surface area contributed by atoms with Crippen molar-refractivity contribution in [1.29, 1.82) is 0 Å². The molecule has 0 saturated carbocycles. The Kier molecular flexibility index (Phi) is 2.45. The van der Waals surface area contributed by atoms with E-state index in [9.17, 15) is 0 Å². The van der Waals surface area contributed by atoms with Gasteiger partial charge < -0.3 is 10.2 Å².